The van der Waals surface area contributed by atoms with Crippen molar-refractivity contribution in [3.8, 4) is 6.07 Å². The number of nitrogens with two attached hydrogens (primary N) is 1. The molecule has 98 valence electrons. The summed E-state index contributed by atoms with van der Waals surface area (Å²) in [4.78, 5) is 0. The van der Waals surface area contributed by atoms with Crippen molar-refractivity contribution in [2.45, 2.75) is 42.2 Å². The molecule has 1 aromatic rings. The quantitative estimate of drug-likeness (QED) is 0.923. The van der Waals surface area contributed by atoms with Crippen molar-refractivity contribution in [1.82, 2.24) is 0 Å². The molecule has 2 nitrogen and oxygen atoms in total. The van der Waals surface area contributed by atoms with Crippen molar-refractivity contribution < 1.29 is 0 Å². The molecular weight excluding hydrogens is 264 g/mol. The van der Waals surface area contributed by atoms with Crippen LogP contribution in [0.1, 0.15) is 31.2 Å². The molecule has 18 heavy (non-hydrogen) atoms. The third kappa shape index (κ3) is 3.65. The van der Waals surface area contributed by atoms with Gasteiger partial charge in [-0.25, -0.2) is 0 Å². The molecule has 0 amide bonds. The average Bonchev–Trinajstić information content (AvgIpc) is 2.39. The third-order valence-corrected chi connectivity index (χ3v) is 4.94. The lowest BCUT2D eigenvalue weighted by atomic mass is 9.83. The van der Waals surface area contributed by atoms with E-state index in [1.54, 1.807) is 0 Å². The molecule has 1 aromatic carbocycles. The van der Waals surface area contributed by atoms with E-state index in [-0.39, 0.29) is 17.7 Å². The van der Waals surface area contributed by atoms with E-state index in [0.717, 1.165) is 25.0 Å². The number of nitrogens with zero attached hydrogens (tertiary/aromatic N) is 1. The van der Waals surface area contributed by atoms with Gasteiger partial charge in [-0.15, -0.1) is 12.4 Å². The number of hydrogen-bond acceptors (Lipinski definition) is 3. The predicted molar refractivity (Wildman–Crippen MR) is 79.8 cm³/mol. The lowest BCUT2D eigenvalue weighted by molar-refractivity contribution is 0.379. The number of hydrogen-bond donors (Lipinski definition) is 1. The Morgan fingerprint density at radius 2 is 2.06 bits per heavy atom. The largest absolute Gasteiger partial charge is 0.312 e. The lowest BCUT2D eigenvalue weighted by Crippen LogP contribution is -2.50. The SMILES string of the molecule is Cl.N#CC1(N)CCCCC1SCc1ccccc1. The molecule has 0 saturated heterocycles. The van der Waals surface area contributed by atoms with E-state index in [1.165, 1.54) is 12.0 Å². The maximum Gasteiger partial charge on any atom is 0.116 e. The molecule has 2 N–H and O–H groups in total. The second-order valence-electron chi connectivity index (χ2n) is 4.68. The summed E-state index contributed by atoms with van der Waals surface area (Å²) in [5, 5.41) is 9.51. The highest BCUT2D eigenvalue weighted by atomic mass is 35.5. The highest BCUT2D eigenvalue weighted by Crippen LogP contribution is 2.36. The molecule has 2 rings (SSSR count). The van der Waals surface area contributed by atoms with Gasteiger partial charge < -0.3 is 5.73 Å². The predicted octanol–water partition coefficient (Wildman–Crippen LogP) is 3.51. The van der Waals surface area contributed by atoms with Crippen LogP contribution in [0.3, 0.4) is 0 Å². The molecule has 0 bridgehead atoms. The molecule has 0 aliphatic heterocycles. The van der Waals surface area contributed by atoms with Crippen LogP contribution in [-0.4, -0.2) is 10.8 Å². The summed E-state index contributed by atoms with van der Waals surface area (Å²) in [6, 6.07) is 12.7. The summed E-state index contributed by atoms with van der Waals surface area (Å²) < 4.78 is 0. The molecular formula is C14H19ClN2S. The van der Waals surface area contributed by atoms with Crippen LogP contribution >= 0.6 is 24.2 Å². The maximum absolute atomic E-state index is 9.23. The zero-order chi connectivity index (χ0) is 12.1. The van der Waals surface area contributed by atoms with Crippen LogP contribution in [0.4, 0.5) is 0 Å². The van der Waals surface area contributed by atoms with Crippen LogP contribution in [0.25, 0.3) is 0 Å². The van der Waals surface area contributed by atoms with Crippen molar-refractivity contribution in [2.75, 3.05) is 0 Å². The van der Waals surface area contributed by atoms with Gasteiger partial charge in [-0.2, -0.15) is 17.0 Å². The summed E-state index contributed by atoms with van der Waals surface area (Å²) in [7, 11) is 0. The Balaban J connectivity index is 0.00000162. The second kappa shape index (κ2) is 7.04. The van der Waals surface area contributed by atoms with Crippen molar-refractivity contribution in [2.24, 2.45) is 5.73 Å². The fraction of sp³-hybridized carbons (Fsp3) is 0.500. The van der Waals surface area contributed by atoms with Gasteiger partial charge in [0, 0.05) is 11.0 Å². The van der Waals surface area contributed by atoms with Gasteiger partial charge in [0.1, 0.15) is 5.54 Å². The topological polar surface area (TPSA) is 49.8 Å². The van der Waals surface area contributed by atoms with Crippen molar-refractivity contribution in [3.05, 3.63) is 35.9 Å². The number of thioether (sulfide) groups is 1. The molecule has 0 heterocycles. The molecule has 1 aliphatic rings. The number of halogens is 1. The van der Waals surface area contributed by atoms with Gasteiger partial charge in [-0.3, -0.25) is 0 Å². The maximum atomic E-state index is 9.23. The lowest BCUT2D eigenvalue weighted by Gasteiger charge is -2.35. The van der Waals surface area contributed by atoms with E-state index in [4.69, 9.17) is 5.73 Å². The zero-order valence-electron chi connectivity index (χ0n) is 10.3. The highest BCUT2D eigenvalue weighted by Gasteiger charge is 2.37. The van der Waals surface area contributed by atoms with Crippen molar-refractivity contribution in [1.29, 1.82) is 5.26 Å². The molecule has 4 heteroatoms. The van der Waals surface area contributed by atoms with E-state index in [2.05, 4.69) is 30.3 Å². The zero-order valence-corrected chi connectivity index (χ0v) is 12.0. The van der Waals surface area contributed by atoms with Gasteiger partial charge in [0.2, 0.25) is 0 Å². The van der Waals surface area contributed by atoms with Gasteiger partial charge in [0.25, 0.3) is 0 Å². The fourth-order valence-corrected chi connectivity index (χ4v) is 3.68. The molecule has 1 aliphatic carbocycles. The minimum Gasteiger partial charge on any atom is -0.312 e. The van der Waals surface area contributed by atoms with E-state index < -0.39 is 5.54 Å². The Hall–Kier alpha value is -0.690. The fourth-order valence-electron chi connectivity index (χ4n) is 2.30. The Labute approximate surface area is 119 Å². The monoisotopic (exact) mass is 282 g/mol. The third-order valence-electron chi connectivity index (χ3n) is 3.38. The van der Waals surface area contributed by atoms with Crippen LogP contribution in [-0.2, 0) is 5.75 Å². The van der Waals surface area contributed by atoms with E-state index >= 15 is 0 Å². The van der Waals surface area contributed by atoms with Crippen molar-refractivity contribution in [3.63, 3.8) is 0 Å². The van der Waals surface area contributed by atoms with Crippen LogP contribution in [0.2, 0.25) is 0 Å². The average molecular weight is 283 g/mol. The summed E-state index contributed by atoms with van der Waals surface area (Å²) in [5.74, 6) is 0.951. The van der Waals surface area contributed by atoms with Gasteiger partial charge in [-0.1, -0.05) is 43.2 Å². The molecule has 0 spiro atoms. The number of rotatable bonds is 3. The standard InChI is InChI=1S/C14H18N2S.ClH/c15-11-14(16)9-5-4-8-13(14)17-10-12-6-2-1-3-7-12;/h1-3,6-7,13H,4-5,8-10,16H2;1H. The minimum absolute atomic E-state index is 0. The number of benzene rings is 1. The summed E-state index contributed by atoms with van der Waals surface area (Å²) in [6.07, 6.45) is 4.21. The summed E-state index contributed by atoms with van der Waals surface area (Å²) in [6.45, 7) is 0. The second-order valence-corrected chi connectivity index (χ2v) is 5.87. The summed E-state index contributed by atoms with van der Waals surface area (Å²) in [5.41, 5.74) is 6.88. The molecule has 0 radical (unpaired) electrons. The van der Waals surface area contributed by atoms with Crippen LogP contribution in [0, 0.1) is 11.3 Å². The number of nitriles is 1. The Bertz CT molecular complexity index is 404. The molecule has 1 saturated carbocycles. The van der Waals surface area contributed by atoms with Crippen LogP contribution < -0.4 is 5.73 Å². The first-order valence-electron chi connectivity index (χ1n) is 6.10. The van der Waals surface area contributed by atoms with Gasteiger partial charge in [-0.05, 0) is 18.4 Å². The van der Waals surface area contributed by atoms with Crippen LogP contribution in [0.5, 0.6) is 0 Å². The first kappa shape index (κ1) is 15.4. The highest BCUT2D eigenvalue weighted by molar-refractivity contribution is 7.99. The van der Waals surface area contributed by atoms with Crippen molar-refractivity contribution >= 4 is 24.2 Å². The smallest absolute Gasteiger partial charge is 0.116 e. The molecule has 1 fully saturated rings. The molecule has 0 aromatic heterocycles. The molecule has 2 unspecified atom stereocenters. The van der Waals surface area contributed by atoms with Crippen LogP contribution in [0.15, 0.2) is 30.3 Å². The van der Waals surface area contributed by atoms with Gasteiger partial charge in [0.05, 0.1) is 6.07 Å². The summed E-state index contributed by atoms with van der Waals surface area (Å²) >= 11 is 1.83. The van der Waals surface area contributed by atoms with E-state index in [9.17, 15) is 5.26 Å². The first-order chi connectivity index (χ1) is 8.24. The molecule has 2 atom stereocenters. The normalized spacial score (nSPS) is 27.0. The Kier molecular flexibility index (Phi) is 6.01. The van der Waals surface area contributed by atoms with Gasteiger partial charge in [0.15, 0.2) is 0 Å². The first-order valence-corrected chi connectivity index (χ1v) is 7.15. The Morgan fingerprint density at radius 1 is 1.33 bits per heavy atom. The van der Waals surface area contributed by atoms with E-state index in [1.807, 2.05) is 17.8 Å². The van der Waals surface area contributed by atoms with E-state index in [0.29, 0.717) is 0 Å². The van der Waals surface area contributed by atoms with Gasteiger partial charge >= 0.3 is 0 Å². The minimum atomic E-state index is -0.613. The Morgan fingerprint density at radius 3 is 2.72 bits per heavy atom.